The van der Waals surface area contributed by atoms with E-state index in [1.165, 1.54) is 0 Å². The fourth-order valence-electron chi connectivity index (χ4n) is 1.61. The van der Waals surface area contributed by atoms with Crippen LogP contribution in [0.5, 0.6) is 0 Å². The van der Waals surface area contributed by atoms with Crippen molar-refractivity contribution in [3.8, 4) is 0 Å². The molecule has 7 nitrogen and oxygen atoms in total. The Morgan fingerprint density at radius 1 is 0.739 bits per heavy atom. The van der Waals surface area contributed by atoms with Crippen molar-refractivity contribution in [2.24, 2.45) is 0 Å². The zero-order valence-electron chi connectivity index (χ0n) is 14.7. The van der Waals surface area contributed by atoms with E-state index in [0.717, 1.165) is 0 Å². The van der Waals surface area contributed by atoms with Crippen LogP contribution in [-0.4, -0.2) is 24.0 Å². The van der Waals surface area contributed by atoms with Crippen molar-refractivity contribution in [1.29, 1.82) is 0 Å². The number of rotatable bonds is 11. The van der Waals surface area contributed by atoms with E-state index in [1.54, 1.807) is 13.8 Å². The van der Waals surface area contributed by atoms with E-state index >= 15 is 0 Å². The van der Waals surface area contributed by atoms with Crippen molar-refractivity contribution < 1.29 is 47.7 Å². The fraction of sp³-hybridized carbons (Fsp3) is 0.800. The molecule has 0 spiro atoms. The fourth-order valence-corrected chi connectivity index (χ4v) is 6.50. The normalized spacial score (nSPS) is 11.2. The zero-order valence-corrected chi connectivity index (χ0v) is 17.1. The third-order valence-corrected chi connectivity index (χ3v) is 7.85. The molecule has 0 fully saturated rings. The molecule has 0 radical (unpaired) electrons. The van der Waals surface area contributed by atoms with Crippen molar-refractivity contribution in [3.05, 3.63) is 0 Å². The molecule has 0 aromatic rings. The van der Waals surface area contributed by atoms with Gasteiger partial charge in [-0.2, -0.15) is 0 Å². The number of carbonyl (C=O) groups is 3. The minimum atomic E-state index is -5.10. The van der Waals surface area contributed by atoms with Crippen LogP contribution in [0.15, 0.2) is 0 Å². The molecule has 0 atom stereocenters. The Morgan fingerprint density at radius 3 is 1.26 bits per heavy atom. The van der Waals surface area contributed by atoms with Gasteiger partial charge in [0.25, 0.3) is 0 Å². The van der Waals surface area contributed by atoms with Crippen molar-refractivity contribution in [1.82, 2.24) is 0 Å². The van der Waals surface area contributed by atoms with Gasteiger partial charge in [-0.05, 0) is 0 Å². The predicted octanol–water partition coefficient (Wildman–Crippen LogP) is 3.26. The van der Waals surface area contributed by atoms with Gasteiger partial charge in [0.2, 0.25) is 0 Å². The zero-order chi connectivity index (χ0) is 17.9. The van der Waals surface area contributed by atoms with E-state index in [9.17, 15) is 14.4 Å². The average molecular weight is 412 g/mol. The Balaban J connectivity index is 5.36. The summed E-state index contributed by atoms with van der Waals surface area (Å²) >= 11 is -5.10. The third-order valence-electron chi connectivity index (χ3n) is 2.46. The van der Waals surface area contributed by atoms with Crippen LogP contribution in [-0.2, 0) is 47.7 Å². The second kappa shape index (κ2) is 11.7. The molecule has 0 N–H and O–H groups in total. The monoisotopic (exact) mass is 410 g/mol. The summed E-state index contributed by atoms with van der Waals surface area (Å²) in [6.45, 7) is 8.83. The molecule has 0 bridgehead atoms. The molecule has 0 rings (SSSR count). The summed E-state index contributed by atoms with van der Waals surface area (Å²) in [5.41, 5.74) is 0. The van der Waals surface area contributed by atoms with Gasteiger partial charge in [0.05, 0.1) is 0 Å². The molecule has 0 unspecified atom stereocenters. The molecule has 8 heteroatoms. The first-order chi connectivity index (χ1) is 10.8. The van der Waals surface area contributed by atoms with E-state index in [2.05, 4.69) is 0 Å². The Bertz CT molecular complexity index is 345. The van der Waals surface area contributed by atoms with Gasteiger partial charge in [0.1, 0.15) is 0 Å². The van der Waals surface area contributed by atoms with E-state index in [1.807, 2.05) is 20.8 Å². The first kappa shape index (κ1) is 22.3. The molecule has 0 aliphatic carbocycles. The third kappa shape index (κ3) is 9.87. The molecule has 0 saturated heterocycles. The average Bonchev–Trinajstić information content (AvgIpc) is 2.37. The summed E-state index contributed by atoms with van der Waals surface area (Å²) in [4.78, 5) is 35.7. The minimum absolute atomic E-state index is 0.136. The van der Waals surface area contributed by atoms with Crippen molar-refractivity contribution in [3.63, 3.8) is 0 Å². The van der Waals surface area contributed by atoms with Crippen LogP contribution in [0.2, 0.25) is 0 Å². The second-order valence-electron chi connectivity index (χ2n) is 5.34. The Morgan fingerprint density at radius 2 is 1.04 bits per heavy atom. The summed E-state index contributed by atoms with van der Waals surface area (Å²) in [7, 11) is 0. The molecule has 0 aromatic heterocycles. The molecule has 0 heterocycles. The first-order valence-electron chi connectivity index (χ1n) is 8.11. The Labute approximate surface area is 144 Å². The molecular formula is C15H28O7Zr. The van der Waals surface area contributed by atoms with Gasteiger partial charge >= 0.3 is 145 Å². The Kier molecular flexibility index (Phi) is 11.4. The predicted molar refractivity (Wildman–Crippen MR) is 79.2 cm³/mol. The van der Waals surface area contributed by atoms with Crippen LogP contribution in [0.1, 0.15) is 73.1 Å². The van der Waals surface area contributed by atoms with Gasteiger partial charge in [-0.15, -0.1) is 0 Å². The summed E-state index contributed by atoms with van der Waals surface area (Å²) in [5.74, 6) is -1.76. The quantitative estimate of drug-likeness (QED) is 0.515. The van der Waals surface area contributed by atoms with E-state index in [0.29, 0.717) is 19.3 Å². The van der Waals surface area contributed by atoms with Crippen LogP contribution in [0.4, 0.5) is 0 Å². The standard InChI is InChI=1S/3C4H8O2.C3H7O.Zr/c3*1-2-3-4(5)6;1-3(2)4;/h3*2-3H2,1H3,(H,5,6);3H,1-2H3;/q;;;-1;+4/p-3. The number of hydrogen-bond acceptors (Lipinski definition) is 7. The topological polar surface area (TPSA) is 88.1 Å². The van der Waals surface area contributed by atoms with Crippen LogP contribution in [0.25, 0.3) is 0 Å². The van der Waals surface area contributed by atoms with Crippen molar-refractivity contribution in [2.75, 3.05) is 0 Å². The molecular weight excluding hydrogens is 383 g/mol. The second-order valence-corrected chi connectivity index (χ2v) is 9.88. The van der Waals surface area contributed by atoms with Gasteiger partial charge in [-0.3, -0.25) is 0 Å². The van der Waals surface area contributed by atoms with Gasteiger partial charge in [0, 0.05) is 0 Å². The molecule has 0 aromatic carbocycles. The van der Waals surface area contributed by atoms with E-state index in [4.69, 9.17) is 11.3 Å². The summed E-state index contributed by atoms with van der Waals surface area (Å²) in [6, 6.07) is 0. The first-order valence-corrected chi connectivity index (χ1v) is 12.1. The molecule has 0 amide bonds. The van der Waals surface area contributed by atoms with Crippen molar-refractivity contribution in [2.45, 2.75) is 79.2 Å². The molecule has 0 aliphatic heterocycles. The van der Waals surface area contributed by atoms with Crippen LogP contribution in [0, 0.1) is 0 Å². The summed E-state index contributed by atoms with van der Waals surface area (Å²) in [5, 5.41) is 0. The Hall–Kier alpha value is -0.747. The number of carbonyl (C=O) groups excluding carboxylic acids is 3. The van der Waals surface area contributed by atoms with E-state index < -0.39 is 46.0 Å². The molecule has 0 aliphatic rings. The maximum atomic E-state index is 11.9. The van der Waals surface area contributed by atoms with Crippen molar-refractivity contribution >= 4 is 17.9 Å². The molecule has 134 valence electrons. The van der Waals surface area contributed by atoms with Crippen LogP contribution >= 0.6 is 0 Å². The maximum absolute atomic E-state index is 11.9. The van der Waals surface area contributed by atoms with Gasteiger partial charge in [-0.1, -0.05) is 0 Å². The van der Waals surface area contributed by atoms with Gasteiger partial charge in [0.15, 0.2) is 0 Å². The van der Waals surface area contributed by atoms with Gasteiger partial charge < -0.3 is 0 Å². The van der Waals surface area contributed by atoms with E-state index in [-0.39, 0.29) is 19.3 Å². The van der Waals surface area contributed by atoms with Gasteiger partial charge in [-0.25, -0.2) is 0 Å². The van der Waals surface area contributed by atoms with Crippen LogP contribution < -0.4 is 0 Å². The summed E-state index contributed by atoms with van der Waals surface area (Å²) < 4.78 is 21.4. The van der Waals surface area contributed by atoms with Crippen LogP contribution in [0.3, 0.4) is 0 Å². The number of hydrogen-bond donors (Lipinski definition) is 0. The SMILES string of the molecule is CCCC(=O)[O][Zr]([O]C(=O)CCC)([O]C(=O)CCC)[O]C(C)C. The molecule has 23 heavy (non-hydrogen) atoms. The molecule has 0 saturated carbocycles. The summed E-state index contributed by atoms with van der Waals surface area (Å²) in [6.07, 6.45) is 1.69.